The average Bonchev–Trinajstić information content (AvgIpc) is 2.82. The van der Waals surface area contributed by atoms with Crippen LogP contribution in [0, 0.1) is 0 Å². The molecule has 1 aliphatic heterocycles. The van der Waals surface area contributed by atoms with Crippen LogP contribution in [0.3, 0.4) is 0 Å². The van der Waals surface area contributed by atoms with E-state index in [-0.39, 0.29) is 18.4 Å². The van der Waals surface area contributed by atoms with Gasteiger partial charge in [-0.05, 0) is 0 Å². The van der Waals surface area contributed by atoms with Crippen LogP contribution in [0.1, 0.15) is 18.5 Å². The molecule has 2 heterocycles. The Kier molecular flexibility index (Phi) is 3.39. The molecule has 1 fully saturated rings. The summed E-state index contributed by atoms with van der Waals surface area (Å²) in [7, 11) is 0. The minimum Gasteiger partial charge on any atom is -0.481 e. The summed E-state index contributed by atoms with van der Waals surface area (Å²) in [6.45, 7) is 0.491. The van der Waals surface area contributed by atoms with Gasteiger partial charge < -0.3 is 10.8 Å². The molecule has 1 aromatic heterocycles. The van der Waals surface area contributed by atoms with Gasteiger partial charge in [-0.15, -0.1) is 11.3 Å². The summed E-state index contributed by atoms with van der Waals surface area (Å²) < 4.78 is 0. The van der Waals surface area contributed by atoms with Crippen molar-refractivity contribution in [1.82, 2.24) is 4.98 Å². The fourth-order valence-corrected chi connectivity index (χ4v) is 2.58. The maximum atomic E-state index is 11.6. The Labute approximate surface area is 102 Å². The van der Waals surface area contributed by atoms with Crippen LogP contribution in [0.5, 0.6) is 0 Å². The van der Waals surface area contributed by atoms with Crippen LogP contribution in [0.2, 0.25) is 0 Å². The van der Waals surface area contributed by atoms with Crippen molar-refractivity contribution < 1.29 is 14.7 Å². The van der Waals surface area contributed by atoms with E-state index >= 15 is 0 Å². The van der Waals surface area contributed by atoms with Crippen LogP contribution in [-0.2, 0) is 16.0 Å². The molecule has 2 rings (SSSR count). The molecule has 0 spiro atoms. The number of carboxylic acid groups (broad SMARTS) is 1. The Bertz CT molecular complexity index is 446. The third kappa shape index (κ3) is 2.80. The van der Waals surface area contributed by atoms with E-state index in [0.29, 0.717) is 30.2 Å². The molecule has 17 heavy (non-hydrogen) atoms. The third-order valence-corrected chi connectivity index (χ3v) is 3.43. The van der Waals surface area contributed by atoms with Crippen LogP contribution < -0.4 is 10.6 Å². The van der Waals surface area contributed by atoms with Gasteiger partial charge in [0, 0.05) is 30.8 Å². The van der Waals surface area contributed by atoms with Crippen molar-refractivity contribution in [3.63, 3.8) is 0 Å². The van der Waals surface area contributed by atoms with Gasteiger partial charge in [-0.25, -0.2) is 4.98 Å². The van der Waals surface area contributed by atoms with Crippen molar-refractivity contribution in [2.75, 3.05) is 11.4 Å². The molecular formula is C10H13N3O3S. The molecule has 1 unspecified atom stereocenters. The molecule has 0 radical (unpaired) electrons. The SMILES string of the molecule is NC1CC(=O)N(c2nc(CCC(=O)O)cs2)C1. The number of carbonyl (C=O) groups is 2. The number of rotatable bonds is 4. The van der Waals surface area contributed by atoms with Crippen molar-refractivity contribution in [3.05, 3.63) is 11.1 Å². The first kappa shape index (κ1) is 12.0. The second kappa shape index (κ2) is 4.80. The number of carbonyl (C=O) groups excluding carboxylic acids is 1. The fourth-order valence-electron chi connectivity index (χ4n) is 1.69. The maximum Gasteiger partial charge on any atom is 0.303 e. The first-order valence-corrected chi connectivity index (χ1v) is 6.16. The lowest BCUT2D eigenvalue weighted by Gasteiger charge is -2.11. The third-order valence-electron chi connectivity index (χ3n) is 2.52. The van der Waals surface area contributed by atoms with E-state index < -0.39 is 5.97 Å². The Morgan fingerprint density at radius 2 is 2.47 bits per heavy atom. The van der Waals surface area contributed by atoms with Gasteiger partial charge in [0.1, 0.15) is 0 Å². The summed E-state index contributed by atoms with van der Waals surface area (Å²) >= 11 is 1.35. The number of aliphatic carboxylic acids is 1. The molecule has 7 heteroatoms. The quantitative estimate of drug-likeness (QED) is 0.802. The second-order valence-corrected chi connectivity index (χ2v) is 4.82. The Morgan fingerprint density at radius 1 is 1.71 bits per heavy atom. The summed E-state index contributed by atoms with van der Waals surface area (Å²) in [5.41, 5.74) is 6.40. The van der Waals surface area contributed by atoms with Crippen molar-refractivity contribution in [1.29, 1.82) is 0 Å². The van der Waals surface area contributed by atoms with E-state index in [2.05, 4.69) is 4.98 Å². The molecule has 0 aliphatic carbocycles. The highest BCUT2D eigenvalue weighted by Gasteiger charge is 2.29. The zero-order valence-electron chi connectivity index (χ0n) is 9.13. The van der Waals surface area contributed by atoms with Gasteiger partial charge in [-0.1, -0.05) is 0 Å². The van der Waals surface area contributed by atoms with E-state index in [1.165, 1.54) is 11.3 Å². The van der Waals surface area contributed by atoms with E-state index in [9.17, 15) is 9.59 Å². The molecule has 1 amide bonds. The molecule has 1 aliphatic rings. The Morgan fingerprint density at radius 3 is 3.06 bits per heavy atom. The summed E-state index contributed by atoms with van der Waals surface area (Å²) in [6.07, 6.45) is 0.792. The number of hydrogen-bond acceptors (Lipinski definition) is 5. The lowest BCUT2D eigenvalue weighted by atomic mass is 10.2. The van der Waals surface area contributed by atoms with Gasteiger partial charge in [0.05, 0.1) is 12.1 Å². The zero-order valence-corrected chi connectivity index (χ0v) is 9.94. The lowest BCUT2D eigenvalue weighted by Crippen LogP contribution is -2.27. The van der Waals surface area contributed by atoms with Crippen LogP contribution >= 0.6 is 11.3 Å². The topological polar surface area (TPSA) is 96.5 Å². The van der Waals surface area contributed by atoms with E-state index in [1.54, 1.807) is 10.3 Å². The number of aryl methyl sites for hydroxylation is 1. The van der Waals surface area contributed by atoms with Crippen molar-refractivity contribution >= 4 is 28.3 Å². The van der Waals surface area contributed by atoms with E-state index in [4.69, 9.17) is 10.8 Å². The lowest BCUT2D eigenvalue weighted by molar-refractivity contribution is -0.137. The van der Waals surface area contributed by atoms with Gasteiger partial charge >= 0.3 is 5.97 Å². The molecular weight excluding hydrogens is 242 g/mol. The van der Waals surface area contributed by atoms with Gasteiger partial charge in [0.25, 0.3) is 0 Å². The van der Waals surface area contributed by atoms with E-state index in [0.717, 1.165) is 0 Å². The molecule has 1 atom stereocenters. The van der Waals surface area contributed by atoms with Gasteiger partial charge in [-0.2, -0.15) is 0 Å². The summed E-state index contributed by atoms with van der Waals surface area (Å²) in [4.78, 5) is 27.8. The summed E-state index contributed by atoms with van der Waals surface area (Å²) in [5.74, 6) is -0.865. The largest absolute Gasteiger partial charge is 0.481 e. The molecule has 1 saturated heterocycles. The standard InChI is InChI=1S/C10H13N3O3S/c11-6-3-8(14)13(4-6)10-12-7(5-17-10)1-2-9(15)16/h5-6H,1-4,11H2,(H,15,16). The summed E-state index contributed by atoms with van der Waals surface area (Å²) in [5, 5.41) is 11.0. The fraction of sp³-hybridized carbons (Fsp3) is 0.500. The molecule has 6 nitrogen and oxygen atoms in total. The van der Waals surface area contributed by atoms with Crippen molar-refractivity contribution in [3.8, 4) is 0 Å². The number of carboxylic acids is 1. The van der Waals surface area contributed by atoms with Crippen LogP contribution in [0.25, 0.3) is 0 Å². The molecule has 0 saturated carbocycles. The highest BCUT2D eigenvalue weighted by Crippen LogP contribution is 2.25. The number of hydrogen-bond donors (Lipinski definition) is 2. The highest BCUT2D eigenvalue weighted by molar-refractivity contribution is 7.14. The molecule has 92 valence electrons. The number of aromatic nitrogens is 1. The summed E-state index contributed by atoms with van der Waals surface area (Å²) in [6, 6.07) is -0.131. The monoisotopic (exact) mass is 255 g/mol. The first-order chi connectivity index (χ1) is 8.06. The van der Waals surface area contributed by atoms with Crippen LogP contribution in [0.15, 0.2) is 5.38 Å². The highest BCUT2D eigenvalue weighted by atomic mass is 32.1. The number of nitrogens with zero attached hydrogens (tertiary/aromatic N) is 2. The molecule has 1 aromatic rings. The minimum atomic E-state index is -0.848. The molecule has 0 aromatic carbocycles. The van der Waals surface area contributed by atoms with Crippen LogP contribution in [0.4, 0.5) is 5.13 Å². The Hall–Kier alpha value is -1.47. The predicted octanol–water partition coefficient (Wildman–Crippen LogP) is 0.224. The minimum absolute atomic E-state index is 0.0170. The normalized spacial score (nSPS) is 19.9. The van der Waals surface area contributed by atoms with Gasteiger partial charge in [-0.3, -0.25) is 14.5 Å². The van der Waals surface area contributed by atoms with Crippen molar-refractivity contribution in [2.45, 2.75) is 25.3 Å². The number of nitrogens with two attached hydrogens (primary N) is 1. The second-order valence-electron chi connectivity index (χ2n) is 3.98. The number of anilines is 1. The average molecular weight is 255 g/mol. The smallest absolute Gasteiger partial charge is 0.303 e. The maximum absolute atomic E-state index is 11.6. The molecule has 3 N–H and O–H groups in total. The van der Waals surface area contributed by atoms with Crippen molar-refractivity contribution in [2.24, 2.45) is 5.73 Å². The molecule has 0 bridgehead atoms. The zero-order chi connectivity index (χ0) is 12.4. The van der Waals surface area contributed by atoms with Gasteiger partial charge in [0.2, 0.25) is 5.91 Å². The number of amides is 1. The predicted molar refractivity (Wildman–Crippen MR) is 63.0 cm³/mol. The number of thiazole rings is 1. The van der Waals surface area contributed by atoms with Gasteiger partial charge in [0.15, 0.2) is 5.13 Å². The van der Waals surface area contributed by atoms with Crippen LogP contribution in [-0.4, -0.2) is 34.6 Å². The Balaban J connectivity index is 2.03. The first-order valence-electron chi connectivity index (χ1n) is 5.28. The van der Waals surface area contributed by atoms with E-state index in [1.807, 2.05) is 0 Å².